The molecule has 3 N–H and O–H groups in total. The van der Waals surface area contributed by atoms with E-state index in [4.69, 9.17) is 5.73 Å². The molecule has 0 aliphatic carbocycles. The van der Waals surface area contributed by atoms with E-state index in [1.165, 1.54) is 6.07 Å². The number of hydrogen-bond donors (Lipinski definition) is 2. The Morgan fingerprint density at radius 2 is 2.21 bits per heavy atom. The monoisotopic (exact) mass is 193 g/mol. The molecule has 5 heteroatoms. The van der Waals surface area contributed by atoms with E-state index in [1.54, 1.807) is 14.0 Å². The maximum Gasteiger partial charge on any atom is 0.152 e. The molecule has 1 aromatic rings. The third kappa shape index (κ3) is 1.44. The standard InChI is InChI=1S/C9H11N3O2/c1-5-3-7(12-14)9(11-2)8(10)6(5)4-13/h3-4,11H,10H2,1-2H3. The van der Waals surface area contributed by atoms with E-state index >= 15 is 0 Å². The van der Waals surface area contributed by atoms with Crippen LogP contribution in [-0.4, -0.2) is 13.3 Å². The number of nitroso groups, excluding NO2 is 1. The minimum absolute atomic E-state index is 0.216. The Balaban J connectivity index is 3.54. The van der Waals surface area contributed by atoms with E-state index in [9.17, 15) is 9.70 Å². The van der Waals surface area contributed by atoms with Crippen LogP contribution < -0.4 is 11.1 Å². The minimum Gasteiger partial charge on any atom is -0.396 e. The number of nitrogens with two attached hydrogens (primary N) is 1. The molecular weight excluding hydrogens is 182 g/mol. The van der Waals surface area contributed by atoms with Crippen molar-refractivity contribution in [2.45, 2.75) is 6.92 Å². The average Bonchev–Trinajstić information content (AvgIpc) is 2.17. The summed E-state index contributed by atoms with van der Waals surface area (Å²) in [6, 6.07) is 1.53. The Morgan fingerprint density at radius 1 is 1.57 bits per heavy atom. The molecule has 0 atom stereocenters. The molecule has 0 bridgehead atoms. The van der Waals surface area contributed by atoms with Gasteiger partial charge in [0.1, 0.15) is 5.69 Å². The molecule has 74 valence electrons. The van der Waals surface area contributed by atoms with Gasteiger partial charge in [-0.15, -0.1) is 4.91 Å². The molecule has 0 heterocycles. The average molecular weight is 193 g/mol. The van der Waals surface area contributed by atoms with Gasteiger partial charge < -0.3 is 11.1 Å². The fourth-order valence-corrected chi connectivity index (χ4v) is 1.33. The second kappa shape index (κ2) is 3.87. The summed E-state index contributed by atoms with van der Waals surface area (Å²) >= 11 is 0. The topological polar surface area (TPSA) is 84.5 Å². The summed E-state index contributed by atoms with van der Waals surface area (Å²) < 4.78 is 0. The van der Waals surface area contributed by atoms with E-state index in [0.717, 1.165) is 0 Å². The lowest BCUT2D eigenvalue weighted by Gasteiger charge is -2.10. The molecule has 1 aromatic carbocycles. The van der Waals surface area contributed by atoms with E-state index in [1.807, 2.05) is 0 Å². The largest absolute Gasteiger partial charge is 0.396 e. The van der Waals surface area contributed by atoms with Gasteiger partial charge in [-0.2, -0.15) is 0 Å². The van der Waals surface area contributed by atoms with Gasteiger partial charge in [-0.3, -0.25) is 4.79 Å². The van der Waals surface area contributed by atoms with Crippen molar-refractivity contribution in [1.82, 2.24) is 0 Å². The van der Waals surface area contributed by atoms with E-state index in [2.05, 4.69) is 10.5 Å². The molecule has 14 heavy (non-hydrogen) atoms. The fourth-order valence-electron chi connectivity index (χ4n) is 1.33. The van der Waals surface area contributed by atoms with Crippen LogP contribution in [0.5, 0.6) is 0 Å². The van der Waals surface area contributed by atoms with E-state index in [0.29, 0.717) is 23.1 Å². The van der Waals surface area contributed by atoms with E-state index in [-0.39, 0.29) is 11.4 Å². The van der Waals surface area contributed by atoms with Gasteiger partial charge in [0.15, 0.2) is 6.29 Å². The summed E-state index contributed by atoms with van der Waals surface area (Å²) in [5, 5.41) is 5.57. The maximum absolute atomic E-state index is 10.7. The lowest BCUT2D eigenvalue weighted by Crippen LogP contribution is -2.02. The Bertz CT molecular complexity index is 388. The first-order valence-corrected chi connectivity index (χ1v) is 4.05. The first-order valence-electron chi connectivity index (χ1n) is 4.05. The van der Waals surface area contributed by atoms with Gasteiger partial charge in [-0.25, -0.2) is 0 Å². The summed E-state index contributed by atoms with van der Waals surface area (Å²) in [6.07, 6.45) is 0.667. The van der Waals surface area contributed by atoms with Crippen molar-refractivity contribution in [2.24, 2.45) is 5.18 Å². The van der Waals surface area contributed by atoms with Crippen LogP contribution in [-0.2, 0) is 0 Å². The minimum atomic E-state index is 0.216. The first kappa shape index (κ1) is 10.2. The van der Waals surface area contributed by atoms with Gasteiger partial charge in [0.25, 0.3) is 0 Å². The molecule has 0 aromatic heterocycles. The van der Waals surface area contributed by atoms with Crippen molar-refractivity contribution in [2.75, 3.05) is 18.1 Å². The van der Waals surface area contributed by atoms with Crippen LogP contribution in [0.4, 0.5) is 17.1 Å². The highest BCUT2D eigenvalue weighted by Gasteiger charge is 2.12. The second-order valence-corrected chi connectivity index (χ2v) is 2.87. The third-order valence-corrected chi connectivity index (χ3v) is 2.06. The molecule has 0 spiro atoms. The van der Waals surface area contributed by atoms with Crippen LogP contribution in [0, 0.1) is 11.8 Å². The predicted molar refractivity (Wildman–Crippen MR) is 56.0 cm³/mol. The fraction of sp³-hybridized carbons (Fsp3) is 0.222. The number of carbonyl (C=O) groups is 1. The van der Waals surface area contributed by atoms with Crippen LogP contribution >= 0.6 is 0 Å². The highest BCUT2D eigenvalue weighted by Crippen LogP contribution is 2.34. The molecule has 0 amide bonds. The summed E-state index contributed by atoms with van der Waals surface area (Å²) in [5.41, 5.74) is 7.60. The molecular formula is C9H11N3O2. The number of rotatable bonds is 3. The zero-order chi connectivity index (χ0) is 10.7. The number of aldehydes is 1. The number of nitrogens with one attached hydrogen (secondary N) is 1. The summed E-state index contributed by atoms with van der Waals surface area (Å²) in [5.74, 6) is 0. The lowest BCUT2D eigenvalue weighted by molar-refractivity contribution is 0.112. The highest BCUT2D eigenvalue weighted by atomic mass is 16.3. The van der Waals surface area contributed by atoms with Gasteiger partial charge in [0.05, 0.1) is 11.4 Å². The molecule has 0 aliphatic heterocycles. The molecule has 0 fully saturated rings. The smallest absolute Gasteiger partial charge is 0.152 e. The van der Waals surface area contributed by atoms with Crippen molar-refractivity contribution in [3.05, 3.63) is 22.1 Å². The first-order chi connectivity index (χ1) is 6.65. The Kier molecular flexibility index (Phi) is 2.81. The number of aryl methyl sites for hydroxylation is 1. The summed E-state index contributed by atoms with van der Waals surface area (Å²) in [4.78, 5) is 21.2. The molecule has 0 unspecified atom stereocenters. The Labute approximate surface area is 81.3 Å². The summed E-state index contributed by atoms with van der Waals surface area (Å²) in [7, 11) is 1.62. The third-order valence-electron chi connectivity index (χ3n) is 2.06. The molecule has 0 aliphatic rings. The normalized spacial score (nSPS) is 9.57. The zero-order valence-electron chi connectivity index (χ0n) is 8.00. The van der Waals surface area contributed by atoms with Gasteiger partial charge in [-0.1, -0.05) is 0 Å². The van der Waals surface area contributed by atoms with Crippen molar-refractivity contribution < 1.29 is 4.79 Å². The Hall–Kier alpha value is -1.91. The van der Waals surface area contributed by atoms with Gasteiger partial charge in [0.2, 0.25) is 0 Å². The van der Waals surface area contributed by atoms with Gasteiger partial charge >= 0.3 is 0 Å². The second-order valence-electron chi connectivity index (χ2n) is 2.87. The van der Waals surface area contributed by atoms with Crippen molar-refractivity contribution in [3.63, 3.8) is 0 Å². The van der Waals surface area contributed by atoms with Crippen molar-refractivity contribution in [1.29, 1.82) is 0 Å². The molecule has 5 nitrogen and oxygen atoms in total. The number of benzene rings is 1. The van der Waals surface area contributed by atoms with Crippen molar-refractivity contribution in [3.8, 4) is 0 Å². The number of anilines is 2. The van der Waals surface area contributed by atoms with Crippen LogP contribution in [0.3, 0.4) is 0 Å². The van der Waals surface area contributed by atoms with Crippen LogP contribution in [0.25, 0.3) is 0 Å². The van der Waals surface area contributed by atoms with E-state index < -0.39 is 0 Å². The van der Waals surface area contributed by atoms with Crippen LogP contribution in [0.1, 0.15) is 15.9 Å². The number of hydrogen-bond acceptors (Lipinski definition) is 5. The number of nitrogens with zero attached hydrogens (tertiary/aromatic N) is 1. The maximum atomic E-state index is 10.7. The quantitative estimate of drug-likeness (QED) is 0.435. The molecule has 0 saturated heterocycles. The SMILES string of the molecule is CNc1c(N=O)cc(C)c(C=O)c1N. The van der Waals surface area contributed by atoms with Crippen LogP contribution in [0.15, 0.2) is 11.2 Å². The van der Waals surface area contributed by atoms with Crippen molar-refractivity contribution >= 4 is 23.3 Å². The predicted octanol–water partition coefficient (Wildman–Crippen LogP) is 1.83. The number of carbonyl (C=O) groups excluding carboxylic acids is 1. The summed E-state index contributed by atoms with van der Waals surface area (Å²) in [6.45, 7) is 1.70. The zero-order valence-corrected chi connectivity index (χ0v) is 8.00. The molecule has 0 saturated carbocycles. The lowest BCUT2D eigenvalue weighted by atomic mass is 10.0. The molecule has 0 radical (unpaired) electrons. The number of nitrogen functional groups attached to an aromatic ring is 1. The van der Waals surface area contributed by atoms with Gasteiger partial charge in [0, 0.05) is 12.6 Å². The molecule has 1 rings (SSSR count). The highest BCUT2D eigenvalue weighted by molar-refractivity contribution is 5.95. The van der Waals surface area contributed by atoms with Gasteiger partial charge in [-0.05, 0) is 23.7 Å². The Morgan fingerprint density at radius 3 is 2.64 bits per heavy atom. The van der Waals surface area contributed by atoms with Crippen LogP contribution in [0.2, 0.25) is 0 Å².